The molecule has 2 atom stereocenters. The normalized spacial score (nSPS) is 15.9. The number of hydrogen-bond acceptors (Lipinski definition) is 5. The number of carbonyl (C=O) groups is 1. The quantitative estimate of drug-likeness (QED) is 0.183. The van der Waals surface area contributed by atoms with Crippen LogP contribution in [0.2, 0.25) is 0 Å². The monoisotopic (exact) mass is 654 g/mol. The Morgan fingerprint density at radius 2 is 1.85 bits per heavy atom. The predicted molar refractivity (Wildman–Crippen MR) is 172 cm³/mol. The van der Waals surface area contributed by atoms with Gasteiger partial charge in [-0.3, -0.25) is 0 Å². The molecular formula is C33H34F4N6O2S. The van der Waals surface area contributed by atoms with Gasteiger partial charge >= 0.3 is 12.4 Å². The van der Waals surface area contributed by atoms with E-state index in [1.165, 1.54) is 52.6 Å². The number of aliphatic imine (C=N–C) groups is 1. The molecule has 242 valence electrons. The number of amidine groups is 1. The number of thioether (sulfide) groups is 1. The molecule has 1 fully saturated rings. The molecule has 13 heteroatoms. The summed E-state index contributed by atoms with van der Waals surface area (Å²) < 4.78 is 58.1. The minimum absolute atomic E-state index is 0.344. The van der Waals surface area contributed by atoms with E-state index in [1.807, 2.05) is 6.92 Å². The molecule has 1 aliphatic heterocycles. The van der Waals surface area contributed by atoms with Gasteiger partial charge in [0.15, 0.2) is 11.0 Å². The lowest BCUT2D eigenvalue weighted by Crippen LogP contribution is -2.38. The van der Waals surface area contributed by atoms with E-state index in [0.717, 1.165) is 42.8 Å². The molecule has 1 saturated heterocycles. The zero-order valence-corrected chi connectivity index (χ0v) is 26.4. The van der Waals surface area contributed by atoms with Crippen molar-refractivity contribution in [2.75, 3.05) is 17.2 Å². The SMILES string of the molecule is CCCc1ccc(C)cc1N1CCCS/C1=N\C(=O)NC(C)C(F)c1ccc(-c2ncn(-c3ccc(OC(F)(F)F)cc3)n2)cc1. The highest BCUT2D eigenvalue weighted by Gasteiger charge is 2.31. The number of anilines is 1. The van der Waals surface area contributed by atoms with Crippen LogP contribution in [0.15, 0.2) is 78.0 Å². The van der Waals surface area contributed by atoms with Gasteiger partial charge in [-0.15, -0.1) is 18.3 Å². The highest BCUT2D eigenvalue weighted by molar-refractivity contribution is 8.14. The van der Waals surface area contributed by atoms with Crippen molar-refractivity contribution in [1.29, 1.82) is 0 Å². The second-order valence-corrected chi connectivity index (χ2v) is 12.0. The number of aromatic nitrogens is 3. The molecule has 0 spiro atoms. The smallest absolute Gasteiger partial charge is 0.406 e. The summed E-state index contributed by atoms with van der Waals surface area (Å²) in [6, 6.07) is 16.7. The van der Waals surface area contributed by atoms with Gasteiger partial charge in [-0.05, 0) is 73.7 Å². The van der Waals surface area contributed by atoms with Gasteiger partial charge < -0.3 is 15.0 Å². The lowest BCUT2D eigenvalue weighted by atomic mass is 10.0. The lowest BCUT2D eigenvalue weighted by Gasteiger charge is -2.31. The van der Waals surface area contributed by atoms with Crippen molar-refractivity contribution in [3.63, 3.8) is 0 Å². The van der Waals surface area contributed by atoms with Gasteiger partial charge in [0.25, 0.3) is 0 Å². The zero-order chi connectivity index (χ0) is 32.8. The summed E-state index contributed by atoms with van der Waals surface area (Å²) in [5, 5.41) is 7.68. The van der Waals surface area contributed by atoms with E-state index in [1.54, 1.807) is 31.2 Å². The first-order valence-electron chi connectivity index (χ1n) is 14.9. The van der Waals surface area contributed by atoms with Gasteiger partial charge in [-0.2, -0.15) is 4.99 Å². The third-order valence-corrected chi connectivity index (χ3v) is 8.40. The van der Waals surface area contributed by atoms with Crippen LogP contribution in [-0.2, 0) is 6.42 Å². The van der Waals surface area contributed by atoms with Crippen molar-refractivity contribution in [1.82, 2.24) is 20.1 Å². The molecular weight excluding hydrogens is 620 g/mol. The van der Waals surface area contributed by atoms with E-state index in [-0.39, 0.29) is 5.75 Å². The molecule has 4 aromatic rings. The zero-order valence-electron chi connectivity index (χ0n) is 25.6. The van der Waals surface area contributed by atoms with Crippen molar-refractivity contribution >= 4 is 28.6 Å². The molecule has 2 amide bonds. The molecule has 8 nitrogen and oxygen atoms in total. The van der Waals surface area contributed by atoms with Crippen LogP contribution in [0.25, 0.3) is 17.1 Å². The number of aryl methyl sites for hydroxylation is 2. The molecule has 1 aromatic heterocycles. The van der Waals surface area contributed by atoms with Crippen molar-refractivity contribution in [2.24, 2.45) is 4.99 Å². The van der Waals surface area contributed by atoms with Crippen molar-refractivity contribution in [3.05, 3.63) is 89.7 Å². The van der Waals surface area contributed by atoms with Crippen LogP contribution in [0.3, 0.4) is 0 Å². The van der Waals surface area contributed by atoms with Gasteiger partial charge in [-0.25, -0.2) is 18.9 Å². The maximum Gasteiger partial charge on any atom is 0.573 e. The number of ether oxygens (including phenoxy) is 1. The molecule has 2 unspecified atom stereocenters. The summed E-state index contributed by atoms with van der Waals surface area (Å²) >= 11 is 1.52. The lowest BCUT2D eigenvalue weighted by molar-refractivity contribution is -0.274. The molecule has 1 N–H and O–H groups in total. The number of hydrogen-bond donors (Lipinski definition) is 1. The number of nitrogens with zero attached hydrogens (tertiary/aromatic N) is 5. The van der Waals surface area contributed by atoms with E-state index < -0.39 is 24.6 Å². The van der Waals surface area contributed by atoms with E-state index in [0.29, 0.717) is 27.8 Å². The molecule has 2 heterocycles. The number of nitrogens with one attached hydrogen (secondary N) is 1. The highest BCUT2D eigenvalue weighted by atomic mass is 32.2. The van der Waals surface area contributed by atoms with Crippen molar-refractivity contribution < 1.29 is 27.1 Å². The minimum Gasteiger partial charge on any atom is -0.406 e. The average molecular weight is 655 g/mol. The maximum atomic E-state index is 15.5. The Morgan fingerprint density at radius 1 is 1.11 bits per heavy atom. The minimum atomic E-state index is -4.78. The Morgan fingerprint density at radius 3 is 2.54 bits per heavy atom. The van der Waals surface area contributed by atoms with Crippen LogP contribution in [0, 0.1) is 6.92 Å². The number of carbonyl (C=O) groups excluding carboxylic acids is 1. The van der Waals surface area contributed by atoms with Crippen LogP contribution in [0.1, 0.15) is 49.6 Å². The Kier molecular flexibility index (Phi) is 10.3. The Hall–Kier alpha value is -4.39. The average Bonchev–Trinajstić information content (AvgIpc) is 3.52. The second kappa shape index (κ2) is 14.4. The van der Waals surface area contributed by atoms with Gasteiger partial charge in [0.1, 0.15) is 18.2 Å². The molecule has 5 rings (SSSR count). The molecule has 0 saturated carbocycles. The third kappa shape index (κ3) is 8.25. The fourth-order valence-corrected chi connectivity index (χ4v) is 6.04. The molecule has 3 aromatic carbocycles. The number of urea groups is 1. The second-order valence-electron chi connectivity index (χ2n) is 10.9. The van der Waals surface area contributed by atoms with Crippen LogP contribution in [-0.4, -0.2) is 50.7 Å². The van der Waals surface area contributed by atoms with E-state index in [2.05, 4.69) is 55.2 Å². The maximum absolute atomic E-state index is 15.5. The Bertz CT molecular complexity index is 1670. The number of alkyl halides is 4. The predicted octanol–water partition coefficient (Wildman–Crippen LogP) is 8.20. The number of halogens is 4. The molecule has 1 aliphatic rings. The fourth-order valence-electron chi connectivity index (χ4n) is 5.09. The standard InChI is InChI=1S/C33H34F4N6O2S/c1-4-6-23-8-7-21(2)19-28(23)42-17-5-18-46-32(42)40-31(44)39-22(3)29(34)24-9-11-25(12-10-24)30-38-20-43(41-30)26-13-15-27(16-14-26)45-33(35,36)37/h7-16,19-20,22,29H,4-6,17-18H2,1-3H3,(H,39,44)/b40-32-. The number of benzene rings is 3. The summed E-state index contributed by atoms with van der Waals surface area (Å²) in [5.41, 5.74) is 4.86. The van der Waals surface area contributed by atoms with E-state index in [9.17, 15) is 18.0 Å². The largest absolute Gasteiger partial charge is 0.573 e. The van der Waals surface area contributed by atoms with Crippen LogP contribution < -0.4 is 15.0 Å². The first-order valence-corrected chi connectivity index (χ1v) is 15.9. The molecule has 0 bridgehead atoms. The summed E-state index contributed by atoms with van der Waals surface area (Å²) in [6.45, 7) is 6.53. The van der Waals surface area contributed by atoms with Gasteiger partial charge in [0.05, 0.1) is 11.7 Å². The van der Waals surface area contributed by atoms with Crippen LogP contribution in [0.4, 0.5) is 28.0 Å². The Balaban J connectivity index is 1.23. The summed E-state index contributed by atoms with van der Waals surface area (Å²) in [6.07, 6.45) is -1.96. The summed E-state index contributed by atoms with van der Waals surface area (Å²) in [5.74, 6) is 0.852. The van der Waals surface area contributed by atoms with Crippen molar-refractivity contribution in [2.45, 2.75) is 58.6 Å². The highest BCUT2D eigenvalue weighted by Crippen LogP contribution is 2.31. The Labute approximate surface area is 268 Å². The molecule has 46 heavy (non-hydrogen) atoms. The molecule has 0 radical (unpaired) electrons. The number of amides is 2. The van der Waals surface area contributed by atoms with Crippen LogP contribution in [0.5, 0.6) is 5.75 Å². The van der Waals surface area contributed by atoms with E-state index >= 15 is 4.39 Å². The van der Waals surface area contributed by atoms with Crippen LogP contribution >= 0.6 is 11.8 Å². The topological polar surface area (TPSA) is 84.6 Å². The van der Waals surface area contributed by atoms with Gasteiger partial charge in [0.2, 0.25) is 0 Å². The third-order valence-electron chi connectivity index (χ3n) is 7.34. The number of rotatable bonds is 9. The first kappa shape index (κ1) is 33.0. The van der Waals surface area contributed by atoms with Gasteiger partial charge in [0, 0.05) is 23.5 Å². The molecule has 0 aliphatic carbocycles. The fraction of sp³-hybridized carbons (Fsp3) is 0.333. The summed E-state index contributed by atoms with van der Waals surface area (Å²) in [7, 11) is 0. The van der Waals surface area contributed by atoms with E-state index in [4.69, 9.17) is 0 Å². The van der Waals surface area contributed by atoms with Gasteiger partial charge in [-0.1, -0.05) is 61.5 Å². The first-order chi connectivity index (χ1) is 22.0. The van der Waals surface area contributed by atoms with Crippen molar-refractivity contribution in [3.8, 4) is 22.8 Å². The summed E-state index contributed by atoms with van der Waals surface area (Å²) in [4.78, 5) is 23.7.